The normalized spacial score (nSPS) is 12.3. The van der Waals surface area contributed by atoms with Gasteiger partial charge in [-0.2, -0.15) is 19.7 Å². The zero-order chi connectivity index (χ0) is 19.0. The molecule has 0 aliphatic rings. The van der Waals surface area contributed by atoms with Crippen molar-refractivity contribution in [3.8, 4) is 11.3 Å². The molecule has 0 saturated heterocycles. The maximum absolute atomic E-state index is 13.2. The van der Waals surface area contributed by atoms with Crippen LogP contribution in [0.3, 0.4) is 0 Å². The van der Waals surface area contributed by atoms with Gasteiger partial charge in [-0.15, -0.1) is 0 Å². The highest BCUT2D eigenvalue weighted by Crippen LogP contribution is 2.20. The molecule has 1 amide bonds. The number of halogens is 1. The van der Waals surface area contributed by atoms with Crippen LogP contribution in [0.1, 0.15) is 29.1 Å². The molecule has 0 radical (unpaired) electrons. The van der Waals surface area contributed by atoms with Gasteiger partial charge in [-0.1, -0.05) is 0 Å². The Hall–Kier alpha value is -3.62. The quantitative estimate of drug-likeness (QED) is 0.598. The van der Waals surface area contributed by atoms with Crippen LogP contribution in [0.2, 0.25) is 0 Å². The predicted molar refractivity (Wildman–Crippen MR) is 95.3 cm³/mol. The molecule has 1 atom stereocenters. The summed E-state index contributed by atoms with van der Waals surface area (Å²) < 4.78 is 16.2. The molecule has 3 heterocycles. The molecule has 4 rings (SSSR count). The van der Waals surface area contributed by atoms with E-state index in [2.05, 4.69) is 25.5 Å². The first-order valence-electron chi connectivity index (χ1n) is 8.28. The fourth-order valence-corrected chi connectivity index (χ4v) is 2.75. The van der Waals surface area contributed by atoms with Crippen LogP contribution in [0.5, 0.6) is 0 Å². The lowest BCUT2D eigenvalue weighted by Gasteiger charge is -2.13. The van der Waals surface area contributed by atoms with Crippen LogP contribution < -0.4 is 5.32 Å². The molecule has 0 aliphatic heterocycles. The molecule has 8 nitrogen and oxygen atoms in total. The Kier molecular flexibility index (Phi) is 4.11. The minimum Gasteiger partial charge on any atom is -0.343 e. The van der Waals surface area contributed by atoms with Gasteiger partial charge in [0.15, 0.2) is 0 Å². The van der Waals surface area contributed by atoms with Crippen molar-refractivity contribution >= 4 is 11.7 Å². The number of carbonyl (C=O) groups is 1. The molecular weight excluding hydrogens is 349 g/mol. The molecule has 27 heavy (non-hydrogen) atoms. The number of aryl methyl sites for hydroxylation is 1. The minimum absolute atomic E-state index is 0.277. The first-order chi connectivity index (χ1) is 13.0. The van der Waals surface area contributed by atoms with Gasteiger partial charge < -0.3 is 5.32 Å². The summed E-state index contributed by atoms with van der Waals surface area (Å²) >= 11 is 0. The Morgan fingerprint density at radius 2 is 2.00 bits per heavy atom. The standard InChI is InChI=1S/C18H16FN7O/c1-11(14-7-8-25(2)24-14)22-17(27)16-9-15(12-3-5-13(19)6-4-12)23-18-20-10-21-26(16)18/h3-11H,1-2H3,(H,22,27)/t11-/m0/s1. The molecule has 0 spiro atoms. The lowest BCUT2D eigenvalue weighted by molar-refractivity contribution is 0.0931. The third kappa shape index (κ3) is 3.26. The fourth-order valence-electron chi connectivity index (χ4n) is 2.75. The average molecular weight is 365 g/mol. The summed E-state index contributed by atoms with van der Waals surface area (Å²) in [5, 5.41) is 11.3. The van der Waals surface area contributed by atoms with Crippen LogP contribution in [0.15, 0.2) is 48.9 Å². The van der Waals surface area contributed by atoms with Crippen LogP contribution in [0.4, 0.5) is 4.39 Å². The zero-order valence-corrected chi connectivity index (χ0v) is 14.7. The lowest BCUT2D eigenvalue weighted by Crippen LogP contribution is -2.29. The molecule has 0 unspecified atom stereocenters. The molecule has 136 valence electrons. The van der Waals surface area contributed by atoms with Crippen molar-refractivity contribution in [2.24, 2.45) is 7.05 Å². The average Bonchev–Trinajstić information content (AvgIpc) is 3.30. The molecule has 0 saturated carbocycles. The highest BCUT2D eigenvalue weighted by molar-refractivity contribution is 5.94. The molecule has 3 aromatic heterocycles. The Bertz CT molecular complexity index is 1120. The molecule has 4 aromatic rings. The van der Waals surface area contributed by atoms with Crippen molar-refractivity contribution in [2.45, 2.75) is 13.0 Å². The Morgan fingerprint density at radius 1 is 1.22 bits per heavy atom. The molecule has 0 aliphatic carbocycles. The second-order valence-electron chi connectivity index (χ2n) is 6.11. The third-order valence-corrected chi connectivity index (χ3v) is 4.15. The number of hydrogen-bond acceptors (Lipinski definition) is 5. The topological polar surface area (TPSA) is 90.0 Å². The van der Waals surface area contributed by atoms with Crippen molar-refractivity contribution in [2.75, 3.05) is 0 Å². The number of nitrogens with one attached hydrogen (secondary N) is 1. The zero-order valence-electron chi connectivity index (χ0n) is 14.7. The first kappa shape index (κ1) is 16.8. The van der Waals surface area contributed by atoms with Crippen LogP contribution in [-0.2, 0) is 7.05 Å². The molecule has 1 N–H and O–H groups in total. The van der Waals surface area contributed by atoms with Gasteiger partial charge in [0.1, 0.15) is 17.8 Å². The van der Waals surface area contributed by atoms with Gasteiger partial charge >= 0.3 is 0 Å². The van der Waals surface area contributed by atoms with Gasteiger partial charge in [0, 0.05) is 18.8 Å². The number of hydrogen-bond donors (Lipinski definition) is 1. The van der Waals surface area contributed by atoms with E-state index in [0.717, 1.165) is 5.69 Å². The van der Waals surface area contributed by atoms with E-state index in [-0.39, 0.29) is 29.2 Å². The smallest absolute Gasteiger partial charge is 0.270 e. The van der Waals surface area contributed by atoms with Crippen LogP contribution in [0, 0.1) is 5.82 Å². The van der Waals surface area contributed by atoms with Crippen LogP contribution in [0.25, 0.3) is 17.0 Å². The molecule has 0 fully saturated rings. The Labute approximate surface area is 153 Å². The number of benzene rings is 1. The van der Waals surface area contributed by atoms with Gasteiger partial charge in [-0.3, -0.25) is 9.48 Å². The van der Waals surface area contributed by atoms with Crippen molar-refractivity contribution in [1.82, 2.24) is 34.7 Å². The number of rotatable bonds is 4. The summed E-state index contributed by atoms with van der Waals surface area (Å²) in [6, 6.07) is 9.04. The third-order valence-electron chi connectivity index (χ3n) is 4.15. The maximum Gasteiger partial charge on any atom is 0.270 e. The van der Waals surface area contributed by atoms with E-state index in [0.29, 0.717) is 11.3 Å². The minimum atomic E-state index is -0.343. The van der Waals surface area contributed by atoms with E-state index in [1.54, 1.807) is 22.9 Å². The Balaban J connectivity index is 1.70. The lowest BCUT2D eigenvalue weighted by atomic mass is 10.1. The summed E-state index contributed by atoms with van der Waals surface area (Å²) in [6.07, 6.45) is 3.14. The predicted octanol–water partition coefficient (Wildman–Crippen LogP) is 2.15. The highest BCUT2D eigenvalue weighted by Gasteiger charge is 2.19. The van der Waals surface area contributed by atoms with Crippen LogP contribution in [-0.4, -0.2) is 35.3 Å². The molecule has 0 bridgehead atoms. The van der Waals surface area contributed by atoms with Crippen molar-refractivity contribution < 1.29 is 9.18 Å². The number of amides is 1. The summed E-state index contributed by atoms with van der Waals surface area (Å²) in [7, 11) is 1.81. The first-order valence-corrected chi connectivity index (χ1v) is 8.28. The summed E-state index contributed by atoms with van der Waals surface area (Å²) in [5.41, 5.74) is 2.20. The van der Waals surface area contributed by atoms with Gasteiger partial charge in [0.05, 0.1) is 17.4 Å². The van der Waals surface area contributed by atoms with Gasteiger partial charge in [0.25, 0.3) is 11.7 Å². The largest absolute Gasteiger partial charge is 0.343 e. The van der Waals surface area contributed by atoms with E-state index in [4.69, 9.17) is 0 Å². The Morgan fingerprint density at radius 3 is 2.70 bits per heavy atom. The molecule has 9 heteroatoms. The highest BCUT2D eigenvalue weighted by atomic mass is 19.1. The van der Waals surface area contributed by atoms with E-state index < -0.39 is 0 Å². The van der Waals surface area contributed by atoms with Crippen molar-refractivity contribution in [1.29, 1.82) is 0 Å². The van der Waals surface area contributed by atoms with Gasteiger partial charge in [0.2, 0.25) is 0 Å². The van der Waals surface area contributed by atoms with Crippen molar-refractivity contribution in [3.63, 3.8) is 0 Å². The second-order valence-corrected chi connectivity index (χ2v) is 6.11. The monoisotopic (exact) mass is 365 g/mol. The number of fused-ring (bicyclic) bond motifs is 1. The van der Waals surface area contributed by atoms with Gasteiger partial charge in [-0.25, -0.2) is 9.37 Å². The number of aromatic nitrogens is 6. The summed E-state index contributed by atoms with van der Waals surface area (Å²) in [6.45, 7) is 1.85. The van der Waals surface area contributed by atoms with E-state index in [1.165, 1.54) is 23.0 Å². The molecular formula is C18H16FN7O. The summed E-state index contributed by atoms with van der Waals surface area (Å²) in [4.78, 5) is 21.3. The maximum atomic E-state index is 13.2. The second kappa shape index (κ2) is 6.60. The number of nitrogens with zero attached hydrogens (tertiary/aromatic N) is 6. The van der Waals surface area contributed by atoms with E-state index in [1.807, 2.05) is 26.2 Å². The molecule has 1 aromatic carbocycles. The van der Waals surface area contributed by atoms with E-state index in [9.17, 15) is 9.18 Å². The van der Waals surface area contributed by atoms with Crippen LogP contribution >= 0.6 is 0 Å². The van der Waals surface area contributed by atoms with Crippen molar-refractivity contribution in [3.05, 3.63) is 66.1 Å². The number of carbonyl (C=O) groups excluding carboxylic acids is 1. The van der Waals surface area contributed by atoms with E-state index >= 15 is 0 Å². The van der Waals surface area contributed by atoms with Gasteiger partial charge in [-0.05, 0) is 43.3 Å². The fraction of sp³-hybridized carbons (Fsp3) is 0.167. The summed E-state index contributed by atoms with van der Waals surface area (Å²) in [5.74, 6) is -0.397. The SMILES string of the molecule is C[C@H](NC(=O)c1cc(-c2ccc(F)cc2)nc2ncnn12)c1ccn(C)n1.